The first-order valence-corrected chi connectivity index (χ1v) is 7.25. The van der Waals surface area contributed by atoms with Crippen LogP contribution >= 0.6 is 0 Å². The Hall–Kier alpha value is -0.870. The number of nitrogens with zero attached hydrogens (tertiary/aromatic N) is 2. The monoisotopic (exact) mass is 252 g/mol. The Kier molecular flexibility index (Phi) is 6.98. The average Bonchev–Trinajstić information content (AvgIpc) is 2.80. The van der Waals surface area contributed by atoms with Crippen LogP contribution in [0.5, 0.6) is 0 Å². The van der Waals surface area contributed by atoms with E-state index < -0.39 is 0 Å². The van der Waals surface area contributed by atoms with Gasteiger partial charge < -0.3 is 4.57 Å². The van der Waals surface area contributed by atoms with Crippen molar-refractivity contribution in [2.45, 2.75) is 65.5 Å². The Labute approximate surface area is 111 Å². The van der Waals surface area contributed by atoms with Crippen molar-refractivity contribution >= 4 is 0 Å². The molecule has 104 valence electrons. The first-order valence-electron chi connectivity index (χ1n) is 7.25. The van der Waals surface area contributed by atoms with Gasteiger partial charge in [-0.2, -0.15) is 0 Å². The van der Waals surface area contributed by atoms with Crippen LogP contribution in [0.25, 0.3) is 0 Å². The van der Waals surface area contributed by atoms with E-state index in [0.717, 1.165) is 18.8 Å². The third-order valence-electron chi connectivity index (χ3n) is 3.46. The van der Waals surface area contributed by atoms with E-state index in [0.29, 0.717) is 5.92 Å². The van der Waals surface area contributed by atoms with Crippen LogP contribution in [0.1, 0.15) is 64.7 Å². The lowest BCUT2D eigenvalue weighted by molar-refractivity contribution is 0.300. The molecule has 0 saturated carbocycles. The lowest BCUT2D eigenvalue weighted by atomic mass is 9.90. The number of hydrogen-bond donors (Lipinski definition) is 2. The molecule has 4 heteroatoms. The van der Waals surface area contributed by atoms with Crippen LogP contribution in [0, 0.1) is 5.92 Å². The van der Waals surface area contributed by atoms with Crippen LogP contribution < -0.4 is 11.3 Å². The molecule has 0 aliphatic carbocycles. The van der Waals surface area contributed by atoms with Gasteiger partial charge in [-0.25, -0.2) is 10.4 Å². The number of hydrazine groups is 1. The molecule has 1 atom stereocenters. The third kappa shape index (κ3) is 3.82. The normalized spacial score (nSPS) is 13.2. The molecule has 1 heterocycles. The molecule has 1 aromatic heterocycles. The number of rotatable bonds is 9. The Morgan fingerprint density at radius 1 is 1.22 bits per heavy atom. The highest BCUT2D eigenvalue weighted by molar-refractivity contribution is 5.01. The maximum Gasteiger partial charge on any atom is 0.127 e. The topological polar surface area (TPSA) is 55.9 Å². The highest BCUT2D eigenvalue weighted by atomic mass is 15.3. The zero-order valence-electron chi connectivity index (χ0n) is 12.0. The van der Waals surface area contributed by atoms with Crippen molar-refractivity contribution in [3.05, 3.63) is 18.2 Å². The smallest absolute Gasteiger partial charge is 0.127 e. The fourth-order valence-corrected chi connectivity index (χ4v) is 2.67. The summed E-state index contributed by atoms with van der Waals surface area (Å²) >= 11 is 0. The molecule has 1 unspecified atom stereocenters. The zero-order chi connectivity index (χ0) is 13.4. The average molecular weight is 252 g/mol. The first-order chi connectivity index (χ1) is 8.78. The van der Waals surface area contributed by atoms with Gasteiger partial charge >= 0.3 is 0 Å². The van der Waals surface area contributed by atoms with E-state index in [1.807, 2.05) is 6.20 Å². The number of nitrogens with two attached hydrogens (primary N) is 1. The minimum Gasteiger partial charge on any atom is -0.334 e. The quantitative estimate of drug-likeness (QED) is 0.524. The fraction of sp³-hybridized carbons (Fsp3) is 0.786. The fourth-order valence-electron chi connectivity index (χ4n) is 2.67. The summed E-state index contributed by atoms with van der Waals surface area (Å²) in [5.74, 6) is 7.45. The van der Waals surface area contributed by atoms with E-state index in [1.165, 1.54) is 25.7 Å². The van der Waals surface area contributed by atoms with Gasteiger partial charge in [-0.3, -0.25) is 5.84 Å². The minimum atomic E-state index is 0.173. The highest BCUT2D eigenvalue weighted by Crippen LogP contribution is 2.28. The minimum absolute atomic E-state index is 0.173. The second kappa shape index (κ2) is 8.27. The summed E-state index contributed by atoms with van der Waals surface area (Å²) in [4.78, 5) is 4.51. The molecule has 0 radical (unpaired) electrons. The molecule has 0 spiro atoms. The molecule has 3 N–H and O–H groups in total. The molecule has 0 aromatic carbocycles. The standard InChI is InChI=1S/C14H28N4/c1-4-7-12(8-5-2)13(17-15)14-16-9-11-18(14)10-6-3/h9,11-13,17H,4-8,10,15H2,1-3H3. The Morgan fingerprint density at radius 2 is 1.89 bits per heavy atom. The Morgan fingerprint density at radius 3 is 2.39 bits per heavy atom. The summed E-state index contributed by atoms with van der Waals surface area (Å²) < 4.78 is 2.23. The molecule has 18 heavy (non-hydrogen) atoms. The number of nitrogens with one attached hydrogen (secondary N) is 1. The molecule has 0 aliphatic rings. The van der Waals surface area contributed by atoms with Crippen molar-refractivity contribution in [2.24, 2.45) is 11.8 Å². The predicted octanol–water partition coefficient (Wildman–Crippen LogP) is 3.01. The molecule has 0 bridgehead atoms. The number of aromatic nitrogens is 2. The van der Waals surface area contributed by atoms with Crippen molar-refractivity contribution in [2.75, 3.05) is 0 Å². The second-order valence-electron chi connectivity index (χ2n) is 4.96. The molecule has 0 fully saturated rings. The van der Waals surface area contributed by atoms with Crippen LogP contribution in [0.4, 0.5) is 0 Å². The van der Waals surface area contributed by atoms with Crippen molar-refractivity contribution < 1.29 is 0 Å². The van der Waals surface area contributed by atoms with E-state index in [2.05, 4.69) is 41.9 Å². The molecule has 0 aliphatic heterocycles. The van der Waals surface area contributed by atoms with Crippen molar-refractivity contribution in [1.82, 2.24) is 15.0 Å². The summed E-state index contributed by atoms with van der Waals surface area (Å²) in [6, 6.07) is 0.173. The van der Waals surface area contributed by atoms with E-state index >= 15 is 0 Å². The highest BCUT2D eigenvalue weighted by Gasteiger charge is 2.24. The van der Waals surface area contributed by atoms with Gasteiger partial charge in [0.1, 0.15) is 5.82 Å². The SMILES string of the molecule is CCCC(CCC)C(NN)c1nccn1CCC. The Balaban J connectivity index is 2.87. The van der Waals surface area contributed by atoms with Crippen molar-refractivity contribution in [3.8, 4) is 0 Å². The molecule has 0 amide bonds. The third-order valence-corrected chi connectivity index (χ3v) is 3.46. The summed E-state index contributed by atoms with van der Waals surface area (Å²) in [6.45, 7) is 7.66. The van der Waals surface area contributed by atoms with Crippen LogP contribution in [-0.4, -0.2) is 9.55 Å². The van der Waals surface area contributed by atoms with Gasteiger partial charge in [-0.15, -0.1) is 0 Å². The molecule has 4 nitrogen and oxygen atoms in total. The molecule has 1 aromatic rings. The molecule has 1 rings (SSSR count). The van der Waals surface area contributed by atoms with Crippen molar-refractivity contribution in [3.63, 3.8) is 0 Å². The van der Waals surface area contributed by atoms with E-state index in [9.17, 15) is 0 Å². The van der Waals surface area contributed by atoms with Gasteiger partial charge in [0, 0.05) is 18.9 Å². The van der Waals surface area contributed by atoms with Gasteiger partial charge in [0.25, 0.3) is 0 Å². The lowest BCUT2D eigenvalue weighted by Gasteiger charge is -2.26. The number of aryl methyl sites for hydroxylation is 1. The van der Waals surface area contributed by atoms with E-state index in [-0.39, 0.29) is 6.04 Å². The lowest BCUT2D eigenvalue weighted by Crippen LogP contribution is -2.35. The van der Waals surface area contributed by atoms with Gasteiger partial charge in [-0.05, 0) is 25.2 Å². The van der Waals surface area contributed by atoms with Gasteiger partial charge in [0.2, 0.25) is 0 Å². The summed E-state index contributed by atoms with van der Waals surface area (Å²) in [5, 5.41) is 0. The molecule has 0 saturated heterocycles. The predicted molar refractivity (Wildman–Crippen MR) is 75.9 cm³/mol. The van der Waals surface area contributed by atoms with Crippen molar-refractivity contribution in [1.29, 1.82) is 0 Å². The summed E-state index contributed by atoms with van der Waals surface area (Å²) in [6.07, 6.45) is 9.83. The second-order valence-corrected chi connectivity index (χ2v) is 4.96. The Bertz CT molecular complexity index is 315. The summed E-state index contributed by atoms with van der Waals surface area (Å²) in [5.41, 5.74) is 2.99. The van der Waals surface area contributed by atoms with E-state index in [1.54, 1.807) is 0 Å². The number of imidazole rings is 1. The largest absolute Gasteiger partial charge is 0.334 e. The van der Waals surface area contributed by atoms with Crippen LogP contribution in [-0.2, 0) is 6.54 Å². The molecular weight excluding hydrogens is 224 g/mol. The van der Waals surface area contributed by atoms with E-state index in [4.69, 9.17) is 5.84 Å². The maximum absolute atomic E-state index is 5.79. The first kappa shape index (κ1) is 15.2. The van der Waals surface area contributed by atoms with Crippen LogP contribution in [0.2, 0.25) is 0 Å². The van der Waals surface area contributed by atoms with Gasteiger partial charge in [0.05, 0.1) is 6.04 Å². The van der Waals surface area contributed by atoms with Crippen LogP contribution in [0.3, 0.4) is 0 Å². The zero-order valence-corrected chi connectivity index (χ0v) is 12.0. The molecular formula is C14H28N4. The maximum atomic E-state index is 5.79. The number of hydrogen-bond acceptors (Lipinski definition) is 3. The van der Waals surface area contributed by atoms with Crippen LogP contribution in [0.15, 0.2) is 12.4 Å². The summed E-state index contributed by atoms with van der Waals surface area (Å²) in [7, 11) is 0. The van der Waals surface area contributed by atoms with Gasteiger partial charge in [0.15, 0.2) is 0 Å². The van der Waals surface area contributed by atoms with Gasteiger partial charge in [-0.1, -0.05) is 33.6 Å².